The summed E-state index contributed by atoms with van der Waals surface area (Å²) in [4.78, 5) is 0. The molecule has 0 amide bonds. The molecule has 2 aliphatic rings. The zero-order valence-electron chi connectivity index (χ0n) is 20.4. The Morgan fingerprint density at radius 3 is 2.55 bits per heavy atom. The van der Waals surface area contributed by atoms with Crippen molar-refractivity contribution < 1.29 is 4.74 Å². The predicted octanol–water partition coefficient (Wildman–Crippen LogP) is 8.22. The molecule has 1 aliphatic heterocycles. The summed E-state index contributed by atoms with van der Waals surface area (Å²) >= 11 is 0. The van der Waals surface area contributed by atoms with Gasteiger partial charge in [0.25, 0.3) is 0 Å². The number of nitrogens with one attached hydrogen (secondary N) is 1. The number of fused-ring (bicyclic) bond motifs is 1. The standard InChI is InChI=1S/C29H39NO/c1-21(17-18-24-23(3)14-11-19-28(24,4)5)12-10-13-22(2)20-27-30-26-16-9-8-15-25(26)29(6,7)31-27/h8-10,12-13,15-18,20,27,30H,11,14,19H2,1-7H3. The van der Waals surface area contributed by atoms with Crippen molar-refractivity contribution in [2.24, 2.45) is 5.41 Å². The van der Waals surface area contributed by atoms with Crippen LogP contribution >= 0.6 is 0 Å². The summed E-state index contributed by atoms with van der Waals surface area (Å²) in [5.41, 5.74) is 7.80. The fourth-order valence-electron chi connectivity index (χ4n) is 4.70. The van der Waals surface area contributed by atoms with E-state index in [9.17, 15) is 0 Å². The van der Waals surface area contributed by atoms with Gasteiger partial charge < -0.3 is 10.1 Å². The number of anilines is 1. The van der Waals surface area contributed by atoms with Gasteiger partial charge in [0, 0.05) is 11.3 Å². The van der Waals surface area contributed by atoms with Gasteiger partial charge in [-0.15, -0.1) is 0 Å². The third kappa shape index (κ3) is 5.89. The number of hydrogen-bond donors (Lipinski definition) is 1. The van der Waals surface area contributed by atoms with Gasteiger partial charge in [-0.3, -0.25) is 0 Å². The van der Waals surface area contributed by atoms with Crippen molar-refractivity contribution in [3.05, 3.63) is 88.6 Å². The molecule has 1 heterocycles. The maximum absolute atomic E-state index is 6.28. The van der Waals surface area contributed by atoms with Crippen LogP contribution in [0.4, 0.5) is 5.69 Å². The monoisotopic (exact) mass is 417 g/mol. The lowest BCUT2D eigenvalue weighted by Gasteiger charge is -2.38. The Hall–Kier alpha value is -2.32. The van der Waals surface area contributed by atoms with Gasteiger partial charge in [0.05, 0.1) is 5.60 Å². The quantitative estimate of drug-likeness (QED) is 0.487. The van der Waals surface area contributed by atoms with Gasteiger partial charge in [-0.2, -0.15) is 0 Å². The van der Waals surface area contributed by atoms with E-state index in [1.165, 1.54) is 41.5 Å². The van der Waals surface area contributed by atoms with Gasteiger partial charge in [0.2, 0.25) is 0 Å². The maximum atomic E-state index is 6.28. The molecule has 2 nitrogen and oxygen atoms in total. The molecular formula is C29H39NO. The van der Waals surface area contributed by atoms with Crippen LogP contribution in [0.2, 0.25) is 0 Å². The molecule has 0 aromatic heterocycles. The number of para-hydroxylation sites is 1. The maximum Gasteiger partial charge on any atom is 0.148 e. The fraction of sp³-hybridized carbons (Fsp3) is 0.448. The summed E-state index contributed by atoms with van der Waals surface area (Å²) in [5.74, 6) is 0. The Kier molecular flexibility index (Phi) is 7.11. The molecule has 31 heavy (non-hydrogen) atoms. The van der Waals surface area contributed by atoms with Crippen molar-refractivity contribution >= 4 is 5.69 Å². The molecule has 3 rings (SSSR count). The first-order valence-corrected chi connectivity index (χ1v) is 11.5. The number of hydrogen-bond acceptors (Lipinski definition) is 2. The molecule has 1 aliphatic carbocycles. The highest BCUT2D eigenvalue weighted by Crippen LogP contribution is 2.41. The van der Waals surface area contributed by atoms with Gasteiger partial charge in [0.15, 0.2) is 0 Å². The Balaban J connectivity index is 1.65. The third-order valence-electron chi connectivity index (χ3n) is 6.48. The molecule has 2 heteroatoms. The highest BCUT2D eigenvalue weighted by atomic mass is 16.5. The minimum Gasteiger partial charge on any atom is -0.356 e. The van der Waals surface area contributed by atoms with Crippen LogP contribution in [-0.2, 0) is 10.3 Å². The largest absolute Gasteiger partial charge is 0.356 e. The van der Waals surface area contributed by atoms with E-state index in [1.54, 1.807) is 5.57 Å². The van der Waals surface area contributed by atoms with Crippen LogP contribution in [0.5, 0.6) is 0 Å². The zero-order valence-corrected chi connectivity index (χ0v) is 20.4. The van der Waals surface area contributed by atoms with Gasteiger partial charge in [0.1, 0.15) is 6.23 Å². The van der Waals surface area contributed by atoms with E-state index in [-0.39, 0.29) is 17.2 Å². The zero-order chi connectivity index (χ0) is 22.6. The van der Waals surface area contributed by atoms with Crippen LogP contribution in [-0.4, -0.2) is 6.23 Å². The Labute approximate surface area is 189 Å². The summed E-state index contributed by atoms with van der Waals surface area (Å²) in [6, 6.07) is 8.37. The van der Waals surface area contributed by atoms with Crippen LogP contribution in [0.25, 0.3) is 0 Å². The summed E-state index contributed by atoms with van der Waals surface area (Å²) in [5, 5.41) is 3.49. The van der Waals surface area contributed by atoms with Crippen molar-refractivity contribution in [1.82, 2.24) is 0 Å². The Bertz CT molecular complexity index is 953. The minimum atomic E-state index is -0.312. The Morgan fingerprint density at radius 1 is 1.06 bits per heavy atom. The lowest BCUT2D eigenvalue weighted by Crippen LogP contribution is -2.38. The highest BCUT2D eigenvalue weighted by Gasteiger charge is 2.32. The highest BCUT2D eigenvalue weighted by molar-refractivity contribution is 5.56. The molecule has 1 aromatic rings. The molecule has 0 saturated heterocycles. The summed E-state index contributed by atoms with van der Waals surface area (Å²) < 4.78 is 6.28. The van der Waals surface area contributed by atoms with Crippen LogP contribution < -0.4 is 5.32 Å². The van der Waals surface area contributed by atoms with E-state index in [0.717, 1.165) is 5.69 Å². The molecule has 0 spiro atoms. The second kappa shape index (κ2) is 9.44. The molecule has 166 valence electrons. The molecule has 0 saturated carbocycles. The SMILES string of the molecule is CC(C=CC1=C(C)CCCC1(C)C)=CC=CC(C)=CC1Nc2ccccc2C(C)(C)O1. The minimum absolute atomic E-state index is 0.136. The van der Waals surface area contributed by atoms with E-state index in [1.807, 2.05) is 0 Å². The Morgan fingerprint density at radius 2 is 1.81 bits per heavy atom. The first-order valence-electron chi connectivity index (χ1n) is 11.5. The first-order chi connectivity index (χ1) is 14.6. The van der Waals surface area contributed by atoms with Crippen molar-refractivity contribution in [3.8, 4) is 0 Å². The van der Waals surface area contributed by atoms with Crippen molar-refractivity contribution in [1.29, 1.82) is 0 Å². The molecule has 1 unspecified atom stereocenters. The summed E-state index contributed by atoms with van der Waals surface area (Å²) in [6.07, 6.45) is 16.8. The van der Waals surface area contributed by atoms with Gasteiger partial charge in [-0.25, -0.2) is 0 Å². The lowest BCUT2D eigenvalue weighted by molar-refractivity contribution is -0.0515. The molecule has 1 N–H and O–H groups in total. The smallest absolute Gasteiger partial charge is 0.148 e. The average Bonchev–Trinajstić information content (AvgIpc) is 2.66. The summed E-state index contributed by atoms with van der Waals surface area (Å²) in [6.45, 7) is 15.6. The summed E-state index contributed by atoms with van der Waals surface area (Å²) in [7, 11) is 0. The van der Waals surface area contributed by atoms with E-state index in [4.69, 9.17) is 4.74 Å². The normalized spacial score (nSPS) is 23.9. The number of rotatable bonds is 5. The number of benzene rings is 1. The van der Waals surface area contributed by atoms with Crippen LogP contribution in [0.1, 0.15) is 73.3 Å². The molecular weight excluding hydrogens is 378 g/mol. The molecule has 1 atom stereocenters. The van der Waals surface area contributed by atoms with Gasteiger partial charge >= 0.3 is 0 Å². The number of ether oxygens (including phenoxy) is 1. The van der Waals surface area contributed by atoms with E-state index in [2.05, 4.69) is 115 Å². The average molecular weight is 418 g/mol. The third-order valence-corrected chi connectivity index (χ3v) is 6.48. The fourth-order valence-corrected chi connectivity index (χ4v) is 4.70. The van der Waals surface area contributed by atoms with Crippen molar-refractivity contribution in [2.75, 3.05) is 5.32 Å². The second-order valence-corrected chi connectivity index (χ2v) is 10.2. The van der Waals surface area contributed by atoms with E-state index < -0.39 is 0 Å². The van der Waals surface area contributed by atoms with Crippen LogP contribution in [0, 0.1) is 5.41 Å². The molecule has 0 radical (unpaired) electrons. The van der Waals surface area contributed by atoms with Crippen molar-refractivity contribution in [3.63, 3.8) is 0 Å². The van der Waals surface area contributed by atoms with E-state index in [0.29, 0.717) is 0 Å². The molecule has 0 bridgehead atoms. The molecule has 0 fully saturated rings. The second-order valence-electron chi connectivity index (χ2n) is 10.2. The van der Waals surface area contributed by atoms with E-state index >= 15 is 0 Å². The topological polar surface area (TPSA) is 21.3 Å². The lowest BCUT2D eigenvalue weighted by atomic mass is 9.72. The van der Waals surface area contributed by atoms with Crippen molar-refractivity contribution in [2.45, 2.75) is 79.6 Å². The van der Waals surface area contributed by atoms with Crippen LogP contribution in [0.15, 0.2) is 83.0 Å². The van der Waals surface area contributed by atoms with Gasteiger partial charge in [-0.05, 0) is 77.0 Å². The first kappa shape index (κ1) is 23.3. The number of allylic oxidation sites excluding steroid dienone is 9. The molecule has 1 aromatic carbocycles. The van der Waals surface area contributed by atoms with Crippen LogP contribution in [0.3, 0.4) is 0 Å². The predicted molar refractivity (Wildman–Crippen MR) is 134 cm³/mol. The van der Waals surface area contributed by atoms with Gasteiger partial charge in [-0.1, -0.05) is 79.1 Å².